The average molecular weight is 292 g/mol. The number of morpholine rings is 1. The zero-order valence-electron chi connectivity index (χ0n) is 12.0. The lowest BCUT2D eigenvalue weighted by Gasteiger charge is -2.33. The van der Waals surface area contributed by atoms with E-state index in [4.69, 9.17) is 4.74 Å². The fourth-order valence-electron chi connectivity index (χ4n) is 3.16. The van der Waals surface area contributed by atoms with Crippen molar-refractivity contribution >= 4 is 5.91 Å². The van der Waals surface area contributed by atoms with Gasteiger partial charge < -0.3 is 20.3 Å². The summed E-state index contributed by atoms with van der Waals surface area (Å²) in [7, 11) is 0. The molecule has 21 heavy (non-hydrogen) atoms. The van der Waals surface area contributed by atoms with Gasteiger partial charge in [0.1, 0.15) is 17.1 Å². The maximum atomic E-state index is 12.2. The molecular weight excluding hydrogens is 272 g/mol. The maximum Gasteiger partial charge on any atom is 0.259 e. The van der Waals surface area contributed by atoms with Crippen LogP contribution in [0.4, 0.5) is 0 Å². The van der Waals surface area contributed by atoms with Crippen molar-refractivity contribution in [3.63, 3.8) is 0 Å². The van der Waals surface area contributed by atoms with Gasteiger partial charge in [0.15, 0.2) is 0 Å². The van der Waals surface area contributed by atoms with Gasteiger partial charge in [0.2, 0.25) is 0 Å². The van der Waals surface area contributed by atoms with Crippen molar-refractivity contribution in [3.8, 4) is 11.5 Å². The fraction of sp³-hybridized carbons (Fsp3) is 0.533. The Morgan fingerprint density at radius 1 is 1.33 bits per heavy atom. The van der Waals surface area contributed by atoms with E-state index in [-0.39, 0.29) is 29.2 Å². The van der Waals surface area contributed by atoms with Crippen LogP contribution in [0.3, 0.4) is 0 Å². The van der Waals surface area contributed by atoms with E-state index in [0.29, 0.717) is 12.6 Å². The highest BCUT2D eigenvalue weighted by Gasteiger charge is 2.37. The van der Waals surface area contributed by atoms with Gasteiger partial charge in [-0.2, -0.15) is 0 Å². The third-order valence-corrected chi connectivity index (χ3v) is 4.18. The molecule has 0 aliphatic carbocycles. The van der Waals surface area contributed by atoms with Gasteiger partial charge in [-0.25, -0.2) is 0 Å². The van der Waals surface area contributed by atoms with Crippen LogP contribution in [0.5, 0.6) is 11.5 Å². The zero-order chi connectivity index (χ0) is 15.0. The van der Waals surface area contributed by atoms with Crippen LogP contribution in [0.1, 0.15) is 23.7 Å². The van der Waals surface area contributed by atoms with E-state index in [0.717, 1.165) is 19.5 Å². The molecule has 1 aromatic rings. The molecule has 0 spiro atoms. The number of hydrogen-bond donors (Lipinski definition) is 3. The van der Waals surface area contributed by atoms with Crippen molar-refractivity contribution in [2.24, 2.45) is 0 Å². The molecule has 3 atom stereocenters. The number of phenols is 2. The van der Waals surface area contributed by atoms with Gasteiger partial charge in [-0.05, 0) is 25.5 Å². The smallest absolute Gasteiger partial charge is 0.259 e. The van der Waals surface area contributed by atoms with E-state index in [1.54, 1.807) is 0 Å². The highest BCUT2D eigenvalue weighted by atomic mass is 16.5. The average Bonchev–Trinajstić information content (AvgIpc) is 2.79. The van der Waals surface area contributed by atoms with E-state index >= 15 is 0 Å². The molecule has 2 heterocycles. The molecule has 1 aromatic carbocycles. The maximum absolute atomic E-state index is 12.2. The largest absolute Gasteiger partial charge is 0.507 e. The number of ether oxygens (including phenoxy) is 1. The van der Waals surface area contributed by atoms with Crippen LogP contribution in [0.15, 0.2) is 18.2 Å². The van der Waals surface area contributed by atoms with Gasteiger partial charge in [-0.3, -0.25) is 9.69 Å². The molecular formula is C15H20N2O4. The summed E-state index contributed by atoms with van der Waals surface area (Å²) in [4.78, 5) is 14.6. The molecule has 1 amide bonds. The number of hydrogen-bond acceptors (Lipinski definition) is 5. The predicted molar refractivity (Wildman–Crippen MR) is 76.4 cm³/mol. The minimum atomic E-state index is -0.440. The molecule has 0 saturated carbocycles. The third kappa shape index (κ3) is 2.82. The van der Waals surface area contributed by atoms with Crippen LogP contribution in [0.2, 0.25) is 0 Å². The first-order chi connectivity index (χ1) is 10.0. The molecule has 2 saturated heterocycles. The van der Waals surface area contributed by atoms with Crippen LogP contribution >= 0.6 is 0 Å². The Hall–Kier alpha value is -1.79. The monoisotopic (exact) mass is 292 g/mol. The molecule has 3 N–H and O–H groups in total. The molecule has 2 aliphatic heterocycles. The molecule has 2 fully saturated rings. The summed E-state index contributed by atoms with van der Waals surface area (Å²) in [5.74, 6) is -0.857. The van der Waals surface area contributed by atoms with Gasteiger partial charge in [-0.15, -0.1) is 0 Å². The second-order valence-electron chi connectivity index (χ2n) is 5.83. The Labute approximate surface area is 123 Å². The summed E-state index contributed by atoms with van der Waals surface area (Å²) in [5, 5.41) is 22.3. The Balaban J connectivity index is 1.66. The van der Waals surface area contributed by atoms with E-state index in [2.05, 4.69) is 10.2 Å². The molecule has 0 bridgehead atoms. The predicted octanol–water partition coefficient (Wildman–Crippen LogP) is 0.689. The molecule has 114 valence electrons. The van der Waals surface area contributed by atoms with Crippen LogP contribution in [-0.4, -0.2) is 58.9 Å². The molecule has 0 unspecified atom stereocenters. The quantitative estimate of drug-likeness (QED) is 0.747. The SMILES string of the molecule is C[C@H]1CN2C[C@@H](NC(=O)c3c(O)cccc3O)C[C@H]2CO1. The lowest BCUT2D eigenvalue weighted by molar-refractivity contribution is -0.0390. The first-order valence-electron chi connectivity index (χ1n) is 7.22. The molecule has 6 nitrogen and oxygen atoms in total. The van der Waals surface area contributed by atoms with E-state index in [1.807, 2.05) is 6.92 Å². The second-order valence-corrected chi connectivity index (χ2v) is 5.83. The first-order valence-corrected chi connectivity index (χ1v) is 7.22. The summed E-state index contributed by atoms with van der Waals surface area (Å²) >= 11 is 0. The number of phenolic OH excluding ortho intramolecular Hbond substituents is 2. The number of benzene rings is 1. The molecule has 6 heteroatoms. The highest BCUT2D eigenvalue weighted by molar-refractivity contribution is 5.99. The van der Waals surface area contributed by atoms with E-state index in [9.17, 15) is 15.0 Å². The number of carbonyl (C=O) groups is 1. The van der Waals surface area contributed by atoms with Crippen LogP contribution < -0.4 is 5.32 Å². The van der Waals surface area contributed by atoms with Gasteiger partial charge >= 0.3 is 0 Å². The van der Waals surface area contributed by atoms with Crippen molar-refractivity contribution in [1.82, 2.24) is 10.2 Å². The molecule has 0 radical (unpaired) electrons. The number of carbonyl (C=O) groups excluding carboxylic acids is 1. The van der Waals surface area contributed by atoms with Gasteiger partial charge in [0, 0.05) is 25.2 Å². The van der Waals surface area contributed by atoms with E-state index < -0.39 is 5.91 Å². The number of aromatic hydroxyl groups is 2. The lowest BCUT2D eigenvalue weighted by Crippen LogP contribution is -2.45. The van der Waals surface area contributed by atoms with Gasteiger partial charge in [-0.1, -0.05) is 6.07 Å². The minimum absolute atomic E-state index is 0.00964. The zero-order valence-corrected chi connectivity index (χ0v) is 12.0. The topological polar surface area (TPSA) is 82.0 Å². The van der Waals surface area contributed by atoms with Gasteiger partial charge in [0.05, 0.1) is 12.7 Å². The third-order valence-electron chi connectivity index (χ3n) is 4.18. The van der Waals surface area contributed by atoms with Crippen LogP contribution in [0, 0.1) is 0 Å². The minimum Gasteiger partial charge on any atom is -0.507 e. The number of nitrogens with one attached hydrogen (secondary N) is 1. The number of nitrogens with zero attached hydrogens (tertiary/aromatic N) is 1. The van der Waals surface area contributed by atoms with Crippen molar-refractivity contribution in [3.05, 3.63) is 23.8 Å². The number of fused-ring (bicyclic) bond motifs is 1. The molecule has 2 aliphatic rings. The fourth-order valence-corrected chi connectivity index (χ4v) is 3.16. The summed E-state index contributed by atoms with van der Waals surface area (Å²) in [6.45, 7) is 4.38. The summed E-state index contributed by atoms with van der Waals surface area (Å²) in [6, 6.07) is 4.63. The summed E-state index contributed by atoms with van der Waals surface area (Å²) in [5.41, 5.74) is -0.0630. The first kappa shape index (κ1) is 14.2. The van der Waals surface area contributed by atoms with Gasteiger partial charge in [0.25, 0.3) is 5.91 Å². The standard InChI is InChI=1S/C15H20N2O4/c1-9-6-17-7-10(5-11(17)8-21-9)16-15(20)14-12(18)3-2-4-13(14)19/h2-4,9-11,18-19H,5-8H2,1H3,(H,16,20)/t9-,10-,11-/m0/s1. The Bertz CT molecular complexity index is 528. The van der Waals surface area contributed by atoms with Crippen molar-refractivity contribution in [1.29, 1.82) is 0 Å². The Kier molecular flexibility index (Phi) is 3.73. The molecule has 0 aromatic heterocycles. The van der Waals surface area contributed by atoms with Crippen LogP contribution in [-0.2, 0) is 4.74 Å². The highest BCUT2D eigenvalue weighted by Crippen LogP contribution is 2.27. The van der Waals surface area contributed by atoms with Crippen molar-refractivity contribution in [2.75, 3.05) is 19.7 Å². The van der Waals surface area contributed by atoms with Crippen molar-refractivity contribution in [2.45, 2.75) is 31.5 Å². The molecule has 3 rings (SSSR count). The van der Waals surface area contributed by atoms with Crippen molar-refractivity contribution < 1.29 is 19.7 Å². The second kappa shape index (κ2) is 5.54. The number of rotatable bonds is 2. The Morgan fingerprint density at radius 3 is 2.76 bits per heavy atom. The summed E-state index contributed by atoms with van der Waals surface area (Å²) in [6.07, 6.45) is 1.05. The number of amides is 1. The normalized spacial score (nSPS) is 29.1. The Morgan fingerprint density at radius 2 is 2.05 bits per heavy atom. The van der Waals surface area contributed by atoms with E-state index in [1.165, 1.54) is 18.2 Å². The van der Waals surface area contributed by atoms with Crippen LogP contribution in [0.25, 0.3) is 0 Å². The summed E-state index contributed by atoms with van der Waals surface area (Å²) < 4.78 is 5.63. The lowest BCUT2D eigenvalue weighted by atomic mass is 10.1.